The van der Waals surface area contributed by atoms with Gasteiger partial charge in [0.25, 0.3) is 0 Å². The molecule has 3 aromatic rings. The maximum absolute atomic E-state index is 13.2. The molecule has 1 aromatic heterocycles. The van der Waals surface area contributed by atoms with Crippen LogP contribution in [-0.4, -0.2) is 15.5 Å². The summed E-state index contributed by atoms with van der Waals surface area (Å²) in [5.74, 6) is -0.508. The van der Waals surface area contributed by atoms with E-state index in [4.69, 9.17) is 11.6 Å². The van der Waals surface area contributed by atoms with Crippen LogP contribution in [0.3, 0.4) is 0 Å². The lowest BCUT2D eigenvalue weighted by atomic mass is 9.94. The number of amides is 1. The van der Waals surface area contributed by atoms with Gasteiger partial charge in [-0.05, 0) is 43.7 Å². The number of hydrogen-bond acceptors (Lipinski definition) is 2. The number of rotatable bonds is 5. The Morgan fingerprint density at radius 1 is 1.28 bits per heavy atom. The Hall–Kier alpha value is -2.40. The minimum atomic E-state index is -0.696. The van der Waals surface area contributed by atoms with Crippen LogP contribution in [-0.2, 0) is 16.9 Å². The molecule has 1 N–H and O–H groups in total. The number of benzene rings is 2. The Labute approximate surface area is 150 Å². The van der Waals surface area contributed by atoms with E-state index in [1.807, 2.05) is 42.7 Å². The zero-order valence-corrected chi connectivity index (χ0v) is 14.8. The summed E-state index contributed by atoms with van der Waals surface area (Å²) in [7, 11) is 0. The van der Waals surface area contributed by atoms with Gasteiger partial charge in [-0.2, -0.15) is 0 Å². The normalized spacial score (nSPS) is 11.7. The van der Waals surface area contributed by atoms with Gasteiger partial charge in [0, 0.05) is 18.0 Å². The number of aryl methyl sites for hydroxylation is 1. The largest absolute Gasteiger partial charge is 0.347 e. The van der Waals surface area contributed by atoms with Crippen LogP contribution in [0.15, 0.2) is 48.8 Å². The summed E-state index contributed by atoms with van der Waals surface area (Å²) in [4.78, 5) is 16.7. The van der Waals surface area contributed by atoms with E-state index in [0.29, 0.717) is 23.6 Å². The van der Waals surface area contributed by atoms with E-state index in [0.717, 1.165) is 11.0 Å². The molecule has 0 saturated carbocycles. The maximum Gasteiger partial charge on any atom is 0.222 e. The lowest BCUT2D eigenvalue weighted by Crippen LogP contribution is -2.41. The fraction of sp³-hybridized carbons (Fsp3) is 0.263. The quantitative estimate of drug-likeness (QED) is 0.739. The SMILES string of the molecule is CC(C)(NC(=O)CCn1cnc2ccccc21)c1ccc(F)cc1Cl. The molecule has 1 amide bonds. The lowest BCUT2D eigenvalue weighted by Gasteiger charge is -2.28. The minimum Gasteiger partial charge on any atom is -0.347 e. The second kappa shape index (κ2) is 6.84. The number of carbonyl (C=O) groups is 1. The van der Waals surface area contributed by atoms with Crippen molar-refractivity contribution >= 4 is 28.5 Å². The summed E-state index contributed by atoms with van der Waals surface area (Å²) in [5, 5.41) is 3.26. The first-order valence-electron chi connectivity index (χ1n) is 8.03. The molecule has 130 valence electrons. The predicted molar refractivity (Wildman–Crippen MR) is 96.9 cm³/mol. The van der Waals surface area contributed by atoms with Crippen molar-refractivity contribution in [3.63, 3.8) is 0 Å². The topological polar surface area (TPSA) is 46.9 Å². The molecule has 0 saturated heterocycles. The van der Waals surface area contributed by atoms with Crippen LogP contribution in [0.1, 0.15) is 25.8 Å². The Morgan fingerprint density at radius 3 is 2.80 bits per heavy atom. The van der Waals surface area contributed by atoms with Gasteiger partial charge in [-0.3, -0.25) is 4.79 Å². The molecule has 0 aliphatic carbocycles. The molecule has 0 fully saturated rings. The second-order valence-corrected chi connectivity index (χ2v) is 6.88. The number of nitrogens with one attached hydrogen (secondary N) is 1. The van der Waals surface area contributed by atoms with Crippen LogP contribution < -0.4 is 5.32 Å². The smallest absolute Gasteiger partial charge is 0.222 e. The van der Waals surface area contributed by atoms with E-state index < -0.39 is 11.4 Å². The molecule has 3 rings (SSSR count). The summed E-state index contributed by atoms with van der Waals surface area (Å²) in [6.45, 7) is 4.22. The molecule has 0 unspecified atom stereocenters. The molecule has 0 radical (unpaired) electrons. The van der Waals surface area contributed by atoms with E-state index in [9.17, 15) is 9.18 Å². The summed E-state index contributed by atoms with van der Waals surface area (Å²) in [6, 6.07) is 12.0. The van der Waals surface area contributed by atoms with Crippen molar-refractivity contribution in [3.8, 4) is 0 Å². The first-order chi connectivity index (χ1) is 11.9. The van der Waals surface area contributed by atoms with E-state index in [-0.39, 0.29) is 5.91 Å². The third kappa shape index (κ3) is 3.82. The summed E-state index contributed by atoms with van der Waals surface area (Å²) in [6.07, 6.45) is 2.04. The third-order valence-electron chi connectivity index (χ3n) is 4.16. The number of carbonyl (C=O) groups excluding carboxylic acids is 1. The third-order valence-corrected chi connectivity index (χ3v) is 4.48. The van der Waals surface area contributed by atoms with Crippen molar-refractivity contribution in [2.45, 2.75) is 32.4 Å². The highest BCUT2D eigenvalue weighted by Gasteiger charge is 2.25. The molecule has 0 spiro atoms. The highest BCUT2D eigenvalue weighted by molar-refractivity contribution is 6.31. The van der Waals surface area contributed by atoms with Gasteiger partial charge in [0.05, 0.1) is 22.9 Å². The van der Waals surface area contributed by atoms with Gasteiger partial charge in [0.15, 0.2) is 0 Å². The predicted octanol–water partition coefficient (Wildman–Crippen LogP) is 4.27. The molecule has 6 heteroatoms. The van der Waals surface area contributed by atoms with Crippen LogP contribution in [0, 0.1) is 5.82 Å². The maximum atomic E-state index is 13.2. The van der Waals surface area contributed by atoms with E-state index in [1.165, 1.54) is 12.1 Å². The molecular weight excluding hydrogens is 341 g/mol. The molecule has 4 nitrogen and oxygen atoms in total. The van der Waals surface area contributed by atoms with Crippen molar-refractivity contribution in [3.05, 3.63) is 65.2 Å². The molecule has 0 aliphatic rings. The highest BCUT2D eigenvalue weighted by Crippen LogP contribution is 2.28. The van der Waals surface area contributed by atoms with Crippen molar-refractivity contribution in [2.75, 3.05) is 0 Å². The monoisotopic (exact) mass is 359 g/mol. The van der Waals surface area contributed by atoms with E-state index in [2.05, 4.69) is 10.3 Å². The summed E-state index contributed by atoms with van der Waals surface area (Å²) in [5.41, 5.74) is 1.88. The van der Waals surface area contributed by atoms with Gasteiger partial charge in [0.2, 0.25) is 5.91 Å². The zero-order valence-electron chi connectivity index (χ0n) is 14.1. The van der Waals surface area contributed by atoms with Gasteiger partial charge in [-0.15, -0.1) is 0 Å². The number of aromatic nitrogens is 2. The number of imidazole rings is 1. The first kappa shape index (κ1) is 17.4. The van der Waals surface area contributed by atoms with Crippen molar-refractivity contribution < 1.29 is 9.18 Å². The minimum absolute atomic E-state index is 0.108. The lowest BCUT2D eigenvalue weighted by molar-refractivity contribution is -0.123. The van der Waals surface area contributed by atoms with E-state index in [1.54, 1.807) is 12.4 Å². The zero-order chi connectivity index (χ0) is 18.0. The van der Waals surface area contributed by atoms with Gasteiger partial charge in [-0.1, -0.05) is 29.8 Å². The van der Waals surface area contributed by atoms with Crippen LogP contribution >= 0.6 is 11.6 Å². The van der Waals surface area contributed by atoms with Crippen LogP contribution in [0.4, 0.5) is 4.39 Å². The van der Waals surface area contributed by atoms with Gasteiger partial charge >= 0.3 is 0 Å². The Morgan fingerprint density at radius 2 is 2.04 bits per heavy atom. The van der Waals surface area contributed by atoms with Crippen molar-refractivity contribution in [1.82, 2.24) is 14.9 Å². The standard InChI is InChI=1S/C19H19ClFN3O/c1-19(2,14-8-7-13(21)11-15(14)20)23-18(25)9-10-24-12-22-16-5-3-4-6-17(16)24/h3-8,11-12H,9-10H2,1-2H3,(H,23,25). The first-order valence-corrected chi connectivity index (χ1v) is 8.41. The molecule has 0 atom stereocenters. The number of nitrogens with zero attached hydrogens (tertiary/aromatic N) is 2. The Balaban J connectivity index is 1.67. The summed E-state index contributed by atoms with van der Waals surface area (Å²) < 4.78 is 15.2. The van der Waals surface area contributed by atoms with Crippen molar-refractivity contribution in [2.24, 2.45) is 0 Å². The molecule has 25 heavy (non-hydrogen) atoms. The molecule has 0 bridgehead atoms. The summed E-state index contributed by atoms with van der Waals surface area (Å²) >= 11 is 6.12. The fourth-order valence-corrected chi connectivity index (χ4v) is 3.29. The number of fused-ring (bicyclic) bond motifs is 1. The second-order valence-electron chi connectivity index (χ2n) is 6.47. The van der Waals surface area contributed by atoms with E-state index >= 15 is 0 Å². The Kier molecular flexibility index (Phi) is 4.77. The van der Waals surface area contributed by atoms with Crippen LogP contribution in [0.5, 0.6) is 0 Å². The molecule has 2 aromatic carbocycles. The van der Waals surface area contributed by atoms with Gasteiger partial charge in [-0.25, -0.2) is 9.37 Å². The highest BCUT2D eigenvalue weighted by atomic mass is 35.5. The average molecular weight is 360 g/mol. The Bertz CT molecular complexity index is 920. The van der Waals surface area contributed by atoms with Crippen LogP contribution in [0.2, 0.25) is 5.02 Å². The van der Waals surface area contributed by atoms with Crippen molar-refractivity contribution in [1.29, 1.82) is 0 Å². The molecule has 1 heterocycles. The van der Waals surface area contributed by atoms with Gasteiger partial charge < -0.3 is 9.88 Å². The number of halogens is 2. The van der Waals surface area contributed by atoms with Gasteiger partial charge in [0.1, 0.15) is 5.82 Å². The fourth-order valence-electron chi connectivity index (χ4n) is 2.89. The average Bonchev–Trinajstić information content (AvgIpc) is 2.95. The number of hydrogen-bond donors (Lipinski definition) is 1. The molecule has 0 aliphatic heterocycles. The number of para-hydroxylation sites is 2. The molecular formula is C19H19ClFN3O. The van der Waals surface area contributed by atoms with Crippen LogP contribution in [0.25, 0.3) is 11.0 Å².